The highest BCUT2D eigenvalue weighted by molar-refractivity contribution is 5.75. The van der Waals surface area contributed by atoms with Crippen LogP contribution in [0.15, 0.2) is 24.3 Å². The molecule has 1 aromatic rings. The van der Waals surface area contributed by atoms with Crippen molar-refractivity contribution in [1.82, 2.24) is 0 Å². The van der Waals surface area contributed by atoms with Crippen LogP contribution in [0.2, 0.25) is 0 Å². The van der Waals surface area contributed by atoms with Crippen molar-refractivity contribution in [1.29, 1.82) is 0 Å². The Hall–Kier alpha value is -1.84. The predicted molar refractivity (Wildman–Crippen MR) is 97.8 cm³/mol. The molecule has 25 heavy (non-hydrogen) atoms. The van der Waals surface area contributed by atoms with Crippen molar-refractivity contribution in [3.05, 3.63) is 24.3 Å². The fourth-order valence-electron chi connectivity index (χ4n) is 3.19. The maximum atomic E-state index is 12.2. The lowest BCUT2D eigenvalue weighted by molar-refractivity contribution is -0.140. The Labute approximate surface area is 150 Å². The number of carbonyl (C=O) groups excluding carboxylic acids is 2. The third-order valence-electron chi connectivity index (χ3n) is 4.86. The highest BCUT2D eigenvalue weighted by Crippen LogP contribution is 2.29. The van der Waals surface area contributed by atoms with Gasteiger partial charge in [-0.15, -0.1) is 0 Å². The van der Waals surface area contributed by atoms with Crippen molar-refractivity contribution in [3.63, 3.8) is 0 Å². The summed E-state index contributed by atoms with van der Waals surface area (Å²) in [7, 11) is 0. The van der Waals surface area contributed by atoms with Crippen LogP contribution >= 0.6 is 0 Å². The van der Waals surface area contributed by atoms with Crippen molar-refractivity contribution in [2.75, 3.05) is 6.61 Å². The van der Waals surface area contributed by atoms with E-state index in [9.17, 15) is 9.59 Å². The number of rotatable bonds is 10. The van der Waals surface area contributed by atoms with Gasteiger partial charge in [-0.2, -0.15) is 0 Å². The summed E-state index contributed by atoms with van der Waals surface area (Å²) < 4.78 is 11.2. The summed E-state index contributed by atoms with van der Waals surface area (Å²) in [6.45, 7) is 2.93. The van der Waals surface area contributed by atoms with Crippen LogP contribution in [0.1, 0.15) is 64.7 Å². The van der Waals surface area contributed by atoms with Gasteiger partial charge in [0.15, 0.2) is 0 Å². The molecule has 0 N–H and O–H groups in total. The lowest BCUT2D eigenvalue weighted by Gasteiger charge is -2.23. The number of hydrogen-bond donors (Lipinski definition) is 0. The average molecular weight is 346 g/mol. The van der Waals surface area contributed by atoms with Gasteiger partial charge in [0.25, 0.3) is 0 Å². The number of ether oxygens (including phenoxy) is 2. The second-order valence-corrected chi connectivity index (χ2v) is 6.90. The quantitative estimate of drug-likeness (QED) is 0.260. The van der Waals surface area contributed by atoms with Gasteiger partial charge in [-0.25, -0.2) is 0 Å². The van der Waals surface area contributed by atoms with E-state index in [1.807, 2.05) is 12.1 Å². The Morgan fingerprint density at radius 3 is 2.28 bits per heavy atom. The number of benzene rings is 1. The summed E-state index contributed by atoms with van der Waals surface area (Å²) in [5.41, 5.74) is 0. The Balaban J connectivity index is 1.69. The minimum Gasteiger partial charge on any atom is -0.494 e. The van der Waals surface area contributed by atoms with Gasteiger partial charge in [-0.3, -0.25) is 4.79 Å². The molecule has 0 heterocycles. The molecule has 1 aliphatic carbocycles. The van der Waals surface area contributed by atoms with Crippen molar-refractivity contribution >= 4 is 12.3 Å². The molecule has 1 saturated carbocycles. The SMILES string of the molecule is CCCCCCCOc1ccc(OC(=O)C2CCC(C=O)CC2)cc1. The molecular formula is C21H30O4. The summed E-state index contributed by atoms with van der Waals surface area (Å²) in [6.07, 6.45) is 10.1. The van der Waals surface area contributed by atoms with E-state index in [2.05, 4.69) is 6.92 Å². The normalized spacial score (nSPS) is 20.0. The van der Waals surface area contributed by atoms with Crippen molar-refractivity contribution in [2.45, 2.75) is 64.7 Å². The number of esters is 1. The van der Waals surface area contributed by atoms with Gasteiger partial charge in [0.2, 0.25) is 0 Å². The van der Waals surface area contributed by atoms with Gasteiger partial charge in [0.05, 0.1) is 12.5 Å². The molecule has 0 amide bonds. The molecule has 0 saturated heterocycles. The molecule has 0 atom stereocenters. The maximum absolute atomic E-state index is 12.2. The van der Waals surface area contributed by atoms with E-state index < -0.39 is 0 Å². The summed E-state index contributed by atoms with van der Waals surface area (Å²) in [6, 6.07) is 7.25. The highest BCUT2D eigenvalue weighted by atomic mass is 16.5. The maximum Gasteiger partial charge on any atom is 0.314 e. The van der Waals surface area contributed by atoms with Crippen LogP contribution in [0.3, 0.4) is 0 Å². The van der Waals surface area contributed by atoms with Gasteiger partial charge in [0.1, 0.15) is 17.8 Å². The molecule has 0 aliphatic heterocycles. The Morgan fingerprint density at radius 2 is 1.64 bits per heavy atom. The molecule has 0 aromatic heterocycles. The van der Waals surface area contributed by atoms with E-state index in [0.29, 0.717) is 5.75 Å². The Bertz CT molecular complexity index is 515. The zero-order valence-corrected chi connectivity index (χ0v) is 15.2. The first-order chi connectivity index (χ1) is 12.2. The van der Waals surface area contributed by atoms with E-state index in [1.165, 1.54) is 25.7 Å². The first-order valence-electron chi connectivity index (χ1n) is 9.62. The minimum absolute atomic E-state index is 0.0877. The summed E-state index contributed by atoms with van der Waals surface area (Å²) in [5, 5.41) is 0. The van der Waals surface area contributed by atoms with Crippen LogP contribution in [-0.4, -0.2) is 18.9 Å². The molecule has 0 radical (unpaired) electrons. The zero-order chi connectivity index (χ0) is 17.9. The second kappa shape index (κ2) is 10.9. The monoisotopic (exact) mass is 346 g/mol. The number of carbonyl (C=O) groups is 2. The molecule has 1 aromatic carbocycles. The first-order valence-corrected chi connectivity index (χ1v) is 9.62. The Morgan fingerprint density at radius 1 is 1.00 bits per heavy atom. The van der Waals surface area contributed by atoms with Gasteiger partial charge in [-0.05, 0) is 56.4 Å². The third-order valence-corrected chi connectivity index (χ3v) is 4.86. The largest absolute Gasteiger partial charge is 0.494 e. The number of aldehydes is 1. The van der Waals surface area contributed by atoms with Crippen molar-refractivity contribution < 1.29 is 19.1 Å². The molecule has 2 rings (SSSR count). The summed E-state index contributed by atoms with van der Waals surface area (Å²) in [5.74, 6) is 1.20. The molecule has 4 nitrogen and oxygen atoms in total. The van der Waals surface area contributed by atoms with Crippen molar-refractivity contribution in [3.8, 4) is 11.5 Å². The predicted octanol–water partition coefficient (Wildman–Crippen LogP) is 4.95. The molecule has 0 bridgehead atoms. The number of hydrogen-bond acceptors (Lipinski definition) is 4. The smallest absolute Gasteiger partial charge is 0.314 e. The van der Waals surface area contributed by atoms with Gasteiger partial charge in [-0.1, -0.05) is 32.6 Å². The van der Waals surface area contributed by atoms with E-state index >= 15 is 0 Å². The van der Waals surface area contributed by atoms with E-state index in [1.54, 1.807) is 12.1 Å². The van der Waals surface area contributed by atoms with E-state index in [0.717, 1.165) is 50.7 Å². The first kappa shape index (κ1) is 19.5. The molecule has 0 unspecified atom stereocenters. The second-order valence-electron chi connectivity index (χ2n) is 6.90. The van der Waals surface area contributed by atoms with Crippen LogP contribution in [0.25, 0.3) is 0 Å². The highest BCUT2D eigenvalue weighted by Gasteiger charge is 2.27. The average Bonchev–Trinajstić information content (AvgIpc) is 2.66. The van der Waals surface area contributed by atoms with Crippen LogP contribution in [0.5, 0.6) is 11.5 Å². The minimum atomic E-state index is -0.186. The molecule has 138 valence electrons. The van der Waals surface area contributed by atoms with Gasteiger partial charge < -0.3 is 14.3 Å². The standard InChI is InChI=1S/C21H30O4/c1-2-3-4-5-6-15-24-19-11-13-20(14-12-19)25-21(23)18-9-7-17(16-22)8-10-18/h11-14,16-18H,2-10,15H2,1H3. The zero-order valence-electron chi connectivity index (χ0n) is 15.2. The summed E-state index contributed by atoms with van der Waals surface area (Å²) in [4.78, 5) is 23.0. The molecular weight excluding hydrogens is 316 g/mol. The van der Waals surface area contributed by atoms with Crippen LogP contribution in [0.4, 0.5) is 0 Å². The van der Waals surface area contributed by atoms with Crippen LogP contribution in [0, 0.1) is 11.8 Å². The van der Waals surface area contributed by atoms with E-state index in [-0.39, 0.29) is 17.8 Å². The lowest BCUT2D eigenvalue weighted by Crippen LogP contribution is -2.26. The van der Waals surface area contributed by atoms with Crippen LogP contribution < -0.4 is 9.47 Å². The number of unbranched alkanes of at least 4 members (excludes halogenated alkanes) is 4. The third kappa shape index (κ3) is 6.89. The van der Waals surface area contributed by atoms with Gasteiger partial charge in [0, 0.05) is 5.92 Å². The lowest BCUT2D eigenvalue weighted by atomic mass is 9.83. The molecule has 0 spiro atoms. The fraction of sp³-hybridized carbons (Fsp3) is 0.619. The topological polar surface area (TPSA) is 52.6 Å². The molecule has 1 fully saturated rings. The van der Waals surface area contributed by atoms with Crippen LogP contribution in [-0.2, 0) is 9.59 Å². The fourth-order valence-corrected chi connectivity index (χ4v) is 3.19. The van der Waals surface area contributed by atoms with E-state index in [4.69, 9.17) is 9.47 Å². The van der Waals surface area contributed by atoms with Crippen molar-refractivity contribution in [2.24, 2.45) is 11.8 Å². The summed E-state index contributed by atoms with van der Waals surface area (Å²) >= 11 is 0. The Kier molecular flexibility index (Phi) is 8.50. The van der Waals surface area contributed by atoms with Gasteiger partial charge >= 0.3 is 5.97 Å². The molecule has 4 heteroatoms. The molecule has 1 aliphatic rings.